The van der Waals surface area contributed by atoms with Crippen LogP contribution in [-0.2, 0) is 0 Å². The highest BCUT2D eigenvalue weighted by Crippen LogP contribution is 2.37. The molecule has 1 aliphatic rings. The molecule has 1 N–H and O–H groups in total. The summed E-state index contributed by atoms with van der Waals surface area (Å²) in [5, 5.41) is 7.28. The Morgan fingerprint density at radius 3 is 2.58 bits per heavy atom. The van der Waals surface area contributed by atoms with Crippen molar-refractivity contribution in [3.8, 4) is 17.1 Å². The zero-order valence-electron chi connectivity index (χ0n) is 18.2. The van der Waals surface area contributed by atoms with Gasteiger partial charge in [0.05, 0.1) is 18.2 Å². The minimum atomic E-state index is -0.406. The molecule has 4 rings (SSSR count). The van der Waals surface area contributed by atoms with Gasteiger partial charge in [-0.15, -0.1) is 0 Å². The molecule has 0 aliphatic carbocycles. The van der Waals surface area contributed by atoms with Crippen LogP contribution in [0, 0.1) is 6.92 Å². The van der Waals surface area contributed by atoms with E-state index in [1.807, 2.05) is 76.2 Å². The maximum absolute atomic E-state index is 12.7. The van der Waals surface area contributed by atoms with E-state index in [2.05, 4.69) is 15.5 Å². The zero-order valence-corrected chi connectivity index (χ0v) is 18.2. The number of aromatic nitrogens is 2. The number of allylic oxidation sites excluding steroid dienone is 1. The summed E-state index contributed by atoms with van der Waals surface area (Å²) in [6, 6.07) is 15.1. The summed E-state index contributed by atoms with van der Waals surface area (Å²) in [7, 11) is 0. The highest BCUT2D eigenvalue weighted by Gasteiger charge is 2.35. The van der Waals surface area contributed by atoms with Gasteiger partial charge in [-0.05, 0) is 51.5 Å². The van der Waals surface area contributed by atoms with Gasteiger partial charge in [-0.1, -0.05) is 41.1 Å². The Bertz CT molecular complexity index is 1120. The average Bonchev–Trinajstić information content (AvgIpc) is 3.24. The Labute approximate surface area is 181 Å². The van der Waals surface area contributed by atoms with Crippen LogP contribution < -0.4 is 10.1 Å². The van der Waals surface area contributed by atoms with Crippen molar-refractivity contribution in [1.82, 2.24) is 20.4 Å². The van der Waals surface area contributed by atoms with Gasteiger partial charge in [0.1, 0.15) is 5.75 Å². The largest absolute Gasteiger partial charge is 0.494 e. The Morgan fingerprint density at radius 2 is 1.90 bits per heavy atom. The fourth-order valence-electron chi connectivity index (χ4n) is 3.85. The van der Waals surface area contributed by atoms with Crippen molar-refractivity contribution in [2.45, 2.75) is 33.7 Å². The van der Waals surface area contributed by atoms with Gasteiger partial charge in [0.25, 0.3) is 5.89 Å². The van der Waals surface area contributed by atoms with Gasteiger partial charge >= 0.3 is 6.03 Å². The summed E-state index contributed by atoms with van der Waals surface area (Å²) in [6.45, 7) is 8.95. The second-order valence-corrected chi connectivity index (χ2v) is 7.42. The molecule has 1 atom stereocenters. The Morgan fingerprint density at radius 1 is 1.13 bits per heavy atom. The van der Waals surface area contributed by atoms with E-state index in [0.29, 0.717) is 24.9 Å². The molecule has 0 spiro atoms. The third kappa shape index (κ3) is 4.03. The van der Waals surface area contributed by atoms with E-state index in [1.54, 1.807) is 4.90 Å². The highest BCUT2D eigenvalue weighted by atomic mass is 16.5. The van der Waals surface area contributed by atoms with Crippen LogP contribution in [0.5, 0.6) is 5.75 Å². The maximum Gasteiger partial charge on any atom is 0.322 e. The zero-order chi connectivity index (χ0) is 22.0. The maximum atomic E-state index is 12.7. The Balaban J connectivity index is 1.77. The lowest BCUT2D eigenvalue weighted by Gasteiger charge is -2.34. The summed E-state index contributed by atoms with van der Waals surface area (Å²) in [5.41, 5.74) is 4.51. The fraction of sp³-hybridized carbons (Fsp3) is 0.292. The molecule has 0 fully saturated rings. The predicted molar refractivity (Wildman–Crippen MR) is 118 cm³/mol. The SMILES string of the molecule is CCOc1ccc(C2NC(=O)N(CC)C(C)=C2c2nc(-c3cccc(C)c3)no2)cc1. The molecule has 1 aromatic heterocycles. The molecule has 3 aromatic rings. The molecule has 7 nitrogen and oxygen atoms in total. The molecule has 0 saturated heterocycles. The first kappa shape index (κ1) is 20.7. The number of hydrogen-bond acceptors (Lipinski definition) is 5. The Kier molecular flexibility index (Phi) is 5.75. The van der Waals surface area contributed by atoms with E-state index < -0.39 is 6.04 Å². The standard InChI is InChI=1S/C24H26N4O3/c1-5-28-16(4)20(23-26-22(27-31-23)18-9-7-8-15(3)14-18)21(25-24(28)29)17-10-12-19(13-11-17)30-6-2/h7-14,21H,5-6H2,1-4H3,(H,25,29). The van der Waals surface area contributed by atoms with E-state index in [0.717, 1.165) is 33.7 Å². The lowest BCUT2D eigenvalue weighted by Crippen LogP contribution is -2.45. The summed E-state index contributed by atoms with van der Waals surface area (Å²) in [6.07, 6.45) is 0. The first-order valence-electron chi connectivity index (χ1n) is 10.4. The number of nitrogens with zero attached hydrogens (tertiary/aromatic N) is 3. The molecule has 1 unspecified atom stereocenters. The average molecular weight is 418 g/mol. The molecule has 1 aliphatic heterocycles. The monoisotopic (exact) mass is 418 g/mol. The van der Waals surface area contributed by atoms with Crippen LogP contribution in [-0.4, -0.2) is 34.2 Å². The molecule has 2 amide bonds. The van der Waals surface area contributed by atoms with E-state index in [1.165, 1.54) is 0 Å². The van der Waals surface area contributed by atoms with Gasteiger partial charge in [-0.25, -0.2) is 4.79 Å². The molecule has 2 heterocycles. The number of ether oxygens (including phenoxy) is 1. The van der Waals surface area contributed by atoms with Crippen molar-refractivity contribution in [2.75, 3.05) is 13.2 Å². The fourth-order valence-corrected chi connectivity index (χ4v) is 3.85. The van der Waals surface area contributed by atoms with E-state index in [-0.39, 0.29) is 6.03 Å². The number of amides is 2. The van der Waals surface area contributed by atoms with Crippen molar-refractivity contribution in [3.05, 3.63) is 71.2 Å². The van der Waals surface area contributed by atoms with E-state index in [9.17, 15) is 4.79 Å². The minimum absolute atomic E-state index is 0.152. The molecule has 160 valence electrons. The van der Waals surface area contributed by atoms with Gasteiger partial charge in [0.15, 0.2) is 0 Å². The predicted octanol–water partition coefficient (Wildman–Crippen LogP) is 4.96. The second kappa shape index (κ2) is 8.63. The van der Waals surface area contributed by atoms with Gasteiger partial charge in [0, 0.05) is 17.8 Å². The van der Waals surface area contributed by atoms with Gasteiger partial charge in [-0.3, -0.25) is 4.90 Å². The molecule has 7 heteroatoms. The lowest BCUT2D eigenvalue weighted by molar-refractivity contribution is 0.207. The van der Waals surface area contributed by atoms with Crippen LogP contribution in [0.25, 0.3) is 17.0 Å². The Hall–Kier alpha value is -3.61. The van der Waals surface area contributed by atoms with Crippen molar-refractivity contribution in [1.29, 1.82) is 0 Å². The first-order chi connectivity index (χ1) is 15.0. The van der Waals surface area contributed by atoms with Crippen molar-refractivity contribution < 1.29 is 14.1 Å². The normalized spacial score (nSPS) is 16.5. The van der Waals surface area contributed by atoms with Crippen molar-refractivity contribution >= 4 is 11.6 Å². The van der Waals surface area contributed by atoms with E-state index >= 15 is 0 Å². The first-order valence-corrected chi connectivity index (χ1v) is 10.4. The second-order valence-electron chi connectivity index (χ2n) is 7.42. The number of urea groups is 1. The molecular weight excluding hydrogens is 392 g/mol. The number of rotatable bonds is 6. The number of carbonyl (C=O) groups is 1. The van der Waals surface area contributed by atoms with Gasteiger partial charge in [-0.2, -0.15) is 4.98 Å². The van der Waals surface area contributed by atoms with Gasteiger partial charge in [0.2, 0.25) is 5.82 Å². The lowest BCUT2D eigenvalue weighted by atomic mass is 9.94. The summed E-state index contributed by atoms with van der Waals surface area (Å²) in [4.78, 5) is 19.1. The third-order valence-corrected chi connectivity index (χ3v) is 5.37. The van der Waals surface area contributed by atoms with Crippen LogP contribution in [0.2, 0.25) is 0 Å². The van der Waals surface area contributed by atoms with Crippen LogP contribution in [0.15, 0.2) is 58.8 Å². The quantitative estimate of drug-likeness (QED) is 0.612. The molecular formula is C24H26N4O3. The topological polar surface area (TPSA) is 80.5 Å². The van der Waals surface area contributed by atoms with Crippen LogP contribution in [0.1, 0.15) is 43.8 Å². The smallest absolute Gasteiger partial charge is 0.322 e. The molecule has 2 aromatic carbocycles. The van der Waals surface area contributed by atoms with Crippen LogP contribution >= 0.6 is 0 Å². The molecule has 0 radical (unpaired) electrons. The number of aryl methyl sites for hydroxylation is 1. The van der Waals surface area contributed by atoms with Crippen molar-refractivity contribution in [3.63, 3.8) is 0 Å². The highest BCUT2D eigenvalue weighted by molar-refractivity contribution is 5.86. The number of nitrogens with one attached hydrogen (secondary N) is 1. The van der Waals surface area contributed by atoms with Crippen LogP contribution in [0.4, 0.5) is 4.79 Å². The summed E-state index contributed by atoms with van der Waals surface area (Å²) in [5.74, 6) is 1.70. The summed E-state index contributed by atoms with van der Waals surface area (Å²) < 4.78 is 11.2. The minimum Gasteiger partial charge on any atom is -0.494 e. The molecule has 31 heavy (non-hydrogen) atoms. The number of carbonyl (C=O) groups excluding carboxylic acids is 1. The van der Waals surface area contributed by atoms with E-state index in [4.69, 9.17) is 9.26 Å². The van der Waals surface area contributed by atoms with Gasteiger partial charge < -0.3 is 14.6 Å². The number of hydrogen-bond donors (Lipinski definition) is 1. The summed E-state index contributed by atoms with van der Waals surface area (Å²) >= 11 is 0. The van der Waals surface area contributed by atoms with Crippen molar-refractivity contribution in [2.24, 2.45) is 0 Å². The third-order valence-electron chi connectivity index (χ3n) is 5.37. The molecule has 0 bridgehead atoms. The number of benzene rings is 2. The van der Waals surface area contributed by atoms with Crippen LogP contribution in [0.3, 0.4) is 0 Å². The molecule has 0 saturated carbocycles.